The minimum absolute atomic E-state index is 0.117. The van der Waals surface area contributed by atoms with E-state index in [-0.39, 0.29) is 29.6 Å². The number of ether oxygens (including phenoxy) is 1. The molecule has 0 unspecified atom stereocenters. The van der Waals surface area contributed by atoms with Crippen LogP contribution in [0.5, 0.6) is 0 Å². The first-order chi connectivity index (χ1) is 11.6. The highest BCUT2D eigenvalue weighted by molar-refractivity contribution is 6.19. The number of cyclic esters (lactones) is 1. The number of rotatable bonds is 12. The Morgan fingerprint density at radius 2 is 1.54 bits per heavy atom. The van der Waals surface area contributed by atoms with E-state index in [2.05, 4.69) is 6.92 Å². The van der Waals surface area contributed by atoms with Crippen molar-refractivity contribution in [3.05, 3.63) is 11.3 Å². The van der Waals surface area contributed by atoms with Gasteiger partial charge in [-0.25, -0.2) is 4.79 Å². The molecule has 0 radical (unpaired) electrons. The number of carbonyl (C=O) groups excluding carboxylic acids is 2. The molecule has 0 aromatic rings. The molecular formula is C20H34O4. The Kier molecular flexibility index (Phi) is 10.4. The molecule has 0 saturated carbocycles. The molecular weight excluding hydrogens is 304 g/mol. The van der Waals surface area contributed by atoms with Crippen molar-refractivity contribution in [3.63, 3.8) is 0 Å². The van der Waals surface area contributed by atoms with Crippen molar-refractivity contribution >= 4 is 11.8 Å². The van der Waals surface area contributed by atoms with Crippen LogP contribution < -0.4 is 0 Å². The van der Waals surface area contributed by atoms with Crippen LogP contribution in [-0.4, -0.2) is 23.0 Å². The number of Topliss-reactive ketones (excluding diaryl/α,β-unsaturated/α-hetero) is 1. The standard InChI is InChI=1S/C20H34O4/c1-3-5-6-7-8-9-10-11-12-14-16-15-18(22)19(20(23)24-16)17(21)13-4-2/h16,21H,3-15H2,1-2H3/t16-/m1/s1. The number of aliphatic hydroxyl groups is 1. The normalized spacial score (nSPS) is 20.2. The minimum atomic E-state index is -0.641. The molecule has 24 heavy (non-hydrogen) atoms. The summed E-state index contributed by atoms with van der Waals surface area (Å²) < 4.78 is 5.33. The summed E-state index contributed by atoms with van der Waals surface area (Å²) in [5, 5.41) is 9.81. The second-order valence-corrected chi connectivity index (χ2v) is 6.84. The summed E-state index contributed by atoms with van der Waals surface area (Å²) in [6.45, 7) is 4.12. The second-order valence-electron chi connectivity index (χ2n) is 6.84. The molecule has 0 bridgehead atoms. The average Bonchev–Trinajstić information content (AvgIpc) is 2.53. The number of unbranched alkanes of at least 4 members (excludes halogenated alkanes) is 8. The highest BCUT2D eigenvalue weighted by Gasteiger charge is 2.34. The molecule has 0 aromatic carbocycles. The predicted molar refractivity (Wildman–Crippen MR) is 95.9 cm³/mol. The van der Waals surface area contributed by atoms with Crippen LogP contribution in [-0.2, 0) is 14.3 Å². The number of carbonyl (C=O) groups is 2. The molecule has 1 N–H and O–H groups in total. The number of ketones is 1. The molecule has 138 valence electrons. The molecule has 0 amide bonds. The third-order valence-electron chi connectivity index (χ3n) is 4.57. The summed E-state index contributed by atoms with van der Waals surface area (Å²) in [6, 6.07) is 0. The maximum Gasteiger partial charge on any atom is 0.345 e. The Labute approximate surface area is 146 Å². The Morgan fingerprint density at radius 3 is 2.08 bits per heavy atom. The number of allylic oxidation sites excluding steroid dienone is 1. The zero-order valence-corrected chi connectivity index (χ0v) is 15.4. The van der Waals surface area contributed by atoms with Gasteiger partial charge in [0.2, 0.25) is 0 Å². The number of hydrogen-bond acceptors (Lipinski definition) is 4. The van der Waals surface area contributed by atoms with Crippen LogP contribution in [0.15, 0.2) is 11.3 Å². The number of esters is 1. The summed E-state index contributed by atoms with van der Waals surface area (Å²) in [7, 11) is 0. The van der Waals surface area contributed by atoms with Crippen LogP contribution in [0.1, 0.15) is 97.3 Å². The van der Waals surface area contributed by atoms with E-state index in [4.69, 9.17) is 4.74 Å². The van der Waals surface area contributed by atoms with Crippen molar-refractivity contribution in [1.82, 2.24) is 0 Å². The summed E-state index contributed by atoms with van der Waals surface area (Å²) in [6.07, 6.45) is 12.9. The van der Waals surface area contributed by atoms with Crippen LogP contribution in [0.2, 0.25) is 0 Å². The van der Waals surface area contributed by atoms with Gasteiger partial charge in [0, 0.05) is 12.8 Å². The highest BCUT2D eigenvalue weighted by Crippen LogP contribution is 2.24. The van der Waals surface area contributed by atoms with Crippen molar-refractivity contribution in [2.75, 3.05) is 0 Å². The molecule has 4 nitrogen and oxygen atoms in total. The molecule has 1 atom stereocenters. The Balaban J connectivity index is 2.19. The smallest absolute Gasteiger partial charge is 0.345 e. The lowest BCUT2D eigenvalue weighted by atomic mass is 9.96. The van der Waals surface area contributed by atoms with Gasteiger partial charge in [-0.3, -0.25) is 4.79 Å². The number of aliphatic hydroxyl groups excluding tert-OH is 1. The van der Waals surface area contributed by atoms with Crippen molar-refractivity contribution in [2.45, 2.75) is 103 Å². The van der Waals surface area contributed by atoms with Gasteiger partial charge in [0.1, 0.15) is 17.4 Å². The maximum absolute atomic E-state index is 12.1. The summed E-state index contributed by atoms with van der Waals surface area (Å²) in [4.78, 5) is 24.0. The zero-order valence-electron chi connectivity index (χ0n) is 15.4. The Hall–Kier alpha value is -1.32. The van der Waals surface area contributed by atoms with Crippen LogP contribution in [0.25, 0.3) is 0 Å². The van der Waals surface area contributed by atoms with Crippen molar-refractivity contribution in [3.8, 4) is 0 Å². The third kappa shape index (κ3) is 7.50. The van der Waals surface area contributed by atoms with E-state index in [0.29, 0.717) is 12.8 Å². The monoisotopic (exact) mass is 338 g/mol. The lowest BCUT2D eigenvalue weighted by Gasteiger charge is -2.23. The molecule has 1 fully saturated rings. The van der Waals surface area contributed by atoms with E-state index >= 15 is 0 Å². The molecule has 1 aliphatic rings. The van der Waals surface area contributed by atoms with Crippen molar-refractivity contribution in [1.29, 1.82) is 0 Å². The van der Waals surface area contributed by atoms with E-state index < -0.39 is 5.97 Å². The Morgan fingerprint density at radius 1 is 0.958 bits per heavy atom. The average molecular weight is 338 g/mol. The summed E-state index contributed by atoms with van der Waals surface area (Å²) in [5.74, 6) is -1.02. The van der Waals surface area contributed by atoms with E-state index in [1.807, 2.05) is 6.92 Å². The van der Waals surface area contributed by atoms with Gasteiger partial charge in [0.25, 0.3) is 0 Å². The fraction of sp³-hybridized carbons (Fsp3) is 0.800. The molecule has 1 saturated heterocycles. The van der Waals surface area contributed by atoms with Crippen LogP contribution in [0.3, 0.4) is 0 Å². The van der Waals surface area contributed by atoms with Gasteiger partial charge < -0.3 is 9.84 Å². The molecule has 0 aromatic heterocycles. The summed E-state index contributed by atoms with van der Waals surface area (Å²) in [5.41, 5.74) is -0.125. The fourth-order valence-corrected chi connectivity index (χ4v) is 3.16. The van der Waals surface area contributed by atoms with E-state index in [9.17, 15) is 14.7 Å². The summed E-state index contributed by atoms with van der Waals surface area (Å²) >= 11 is 0. The fourth-order valence-electron chi connectivity index (χ4n) is 3.16. The van der Waals surface area contributed by atoms with Gasteiger partial charge >= 0.3 is 5.97 Å². The first-order valence-corrected chi connectivity index (χ1v) is 9.76. The van der Waals surface area contributed by atoms with Crippen molar-refractivity contribution in [2.24, 2.45) is 0 Å². The second kappa shape index (κ2) is 12.1. The topological polar surface area (TPSA) is 63.6 Å². The van der Waals surface area contributed by atoms with Gasteiger partial charge in [-0.2, -0.15) is 0 Å². The quantitative estimate of drug-likeness (QED) is 0.170. The van der Waals surface area contributed by atoms with Gasteiger partial charge in [-0.15, -0.1) is 0 Å². The first kappa shape index (κ1) is 20.7. The van der Waals surface area contributed by atoms with E-state index in [1.165, 1.54) is 44.9 Å². The van der Waals surface area contributed by atoms with Crippen molar-refractivity contribution < 1.29 is 19.4 Å². The van der Waals surface area contributed by atoms with Crippen LogP contribution in [0.4, 0.5) is 0 Å². The maximum atomic E-state index is 12.1. The molecule has 0 spiro atoms. The van der Waals surface area contributed by atoms with Gasteiger partial charge in [-0.05, 0) is 19.3 Å². The molecule has 1 aliphatic heterocycles. The van der Waals surface area contributed by atoms with Gasteiger partial charge in [-0.1, -0.05) is 65.2 Å². The Bertz CT molecular complexity index is 405. The highest BCUT2D eigenvalue weighted by atomic mass is 16.5. The van der Waals surface area contributed by atoms with Gasteiger partial charge in [0.15, 0.2) is 5.78 Å². The molecule has 0 aliphatic carbocycles. The predicted octanol–water partition coefficient (Wildman–Crippen LogP) is 5.40. The number of hydrogen-bond donors (Lipinski definition) is 1. The lowest BCUT2D eigenvalue weighted by Crippen LogP contribution is -2.33. The largest absolute Gasteiger partial charge is 0.511 e. The zero-order chi connectivity index (χ0) is 17.8. The molecule has 4 heteroatoms. The van der Waals surface area contributed by atoms with E-state index in [1.54, 1.807) is 0 Å². The van der Waals surface area contributed by atoms with Crippen LogP contribution in [0, 0.1) is 0 Å². The molecule has 1 rings (SSSR count). The van der Waals surface area contributed by atoms with Crippen LogP contribution >= 0.6 is 0 Å². The third-order valence-corrected chi connectivity index (χ3v) is 4.57. The SMILES string of the molecule is CCCCCCCCCCC[C@@H]1CC(=O)C(=C(O)CCC)C(=O)O1. The minimum Gasteiger partial charge on any atom is -0.511 e. The lowest BCUT2D eigenvalue weighted by molar-refractivity contribution is -0.151. The first-order valence-electron chi connectivity index (χ1n) is 9.76. The molecule has 1 heterocycles. The van der Waals surface area contributed by atoms with E-state index in [0.717, 1.165) is 19.3 Å². The van der Waals surface area contributed by atoms with Gasteiger partial charge in [0.05, 0.1) is 0 Å².